The summed E-state index contributed by atoms with van der Waals surface area (Å²) < 4.78 is 13.3. The minimum atomic E-state index is -0.878. The average Bonchev–Trinajstić information content (AvgIpc) is 2.43. The molecule has 1 unspecified atom stereocenters. The lowest BCUT2D eigenvalue weighted by molar-refractivity contribution is -0.387. The van der Waals surface area contributed by atoms with Crippen molar-refractivity contribution < 1.29 is 14.4 Å². The largest absolute Gasteiger partial charge is 0.508 e. The van der Waals surface area contributed by atoms with E-state index in [2.05, 4.69) is 5.32 Å². The second kappa shape index (κ2) is 5.78. The molecular formula is C15H15FN2O3. The Bertz CT molecular complexity index is 689. The summed E-state index contributed by atoms with van der Waals surface area (Å²) in [6, 6.07) is 8.53. The van der Waals surface area contributed by atoms with E-state index in [1.54, 1.807) is 12.1 Å². The van der Waals surface area contributed by atoms with Crippen molar-refractivity contribution in [1.29, 1.82) is 0 Å². The smallest absolute Gasteiger partial charge is 0.306 e. The molecule has 1 atom stereocenters. The molecule has 5 nitrogen and oxygen atoms in total. The molecular weight excluding hydrogens is 275 g/mol. The van der Waals surface area contributed by atoms with Crippen LogP contribution in [0.25, 0.3) is 0 Å². The SMILES string of the molecule is Cc1ccc(O)c(C(C)Nc2ccc(F)c([N+](=O)[O-])c2)c1. The zero-order chi connectivity index (χ0) is 15.6. The van der Waals surface area contributed by atoms with Gasteiger partial charge in [-0.15, -0.1) is 0 Å². The average molecular weight is 290 g/mol. The first-order chi connectivity index (χ1) is 9.88. The summed E-state index contributed by atoms with van der Waals surface area (Å²) in [6.07, 6.45) is 0. The molecule has 0 amide bonds. The van der Waals surface area contributed by atoms with Crippen molar-refractivity contribution in [3.05, 3.63) is 63.5 Å². The van der Waals surface area contributed by atoms with Crippen LogP contribution < -0.4 is 5.32 Å². The number of hydrogen-bond donors (Lipinski definition) is 2. The molecule has 2 rings (SSSR count). The predicted octanol–water partition coefficient (Wildman–Crippen LogP) is 3.92. The monoisotopic (exact) mass is 290 g/mol. The third kappa shape index (κ3) is 3.28. The van der Waals surface area contributed by atoms with Crippen molar-refractivity contribution in [3.8, 4) is 5.75 Å². The highest BCUT2D eigenvalue weighted by Gasteiger charge is 2.16. The molecule has 0 bridgehead atoms. The maximum atomic E-state index is 13.3. The van der Waals surface area contributed by atoms with Crippen LogP contribution in [-0.2, 0) is 0 Å². The van der Waals surface area contributed by atoms with Crippen molar-refractivity contribution in [3.63, 3.8) is 0 Å². The number of nitrogens with zero attached hydrogens (tertiary/aromatic N) is 1. The topological polar surface area (TPSA) is 75.4 Å². The standard InChI is InChI=1S/C15H15FN2O3/c1-9-3-6-15(19)12(7-9)10(2)17-11-4-5-13(16)14(8-11)18(20)21/h3-8,10,17,19H,1-2H3. The lowest BCUT2D eigenvalue weighted by atomic mass is 10.0. The summed E-state index contributed by atoms with van der Waals surface area (Å²) in [7, 11) is 0. The van der Waals surface area contributed by atoms with Gasteiger partial charge in [0.15, 0.2) is 0 Å². The van der Waals surface area contributed by atoms with Crippen LogP contribution in [0.1, 0.15) is 24.1 Å². The van der Waals surface area contributed by atoms with E-state index in [-0.39, 0.29) is 11.8 Å². The van der Waals surface area contributed by atoms with E-state index in [0.717, 1.165) is 17.7 Å². The number of nitro benzene ring substituents is 1. The van der Waals surface area contributed by atoms with Crippen molar-refractivity contribution >= 4 is 11.4 Å². The fraction of sp³-hybridized carbons (Fsp3) is 0.200. The van der Waals surface area contributed by atoms with Gasteiger partial charge in [0, 0.05) is 17.3 Å². The Morgan fingerprint density at radius 3 is 2.67 bits per heavy atom. The quantitative estimate of drug-likeness (QED) is 0.661. The van der Waals surface area contributed by atoms with Crippen LogP contribution in [0.3, 0.4) is 0 Å². The Labute approximate surface area is 121 Å². The summed E-state index contributed by atoms with van der Waals surface area (Å²) in [4.78, 5) is 9.96. The molecule has 0 radical (unpaired) electrons. The van der Waals surface area contributed by atoms with Crippen molar-refractivity contribution in [2.75, 3.05) is 5.32 Å². The molecule has 2 aromatic rings. The first kappa shape index (κ1) is 14.8. The number of aromatic hydroxyl groups is 1. The number of phenolic OH excluding ortho intramolecular Hbond substituents is 1. The van der Waals surface area contributed by atoms with Gasteiger partial charge in [-0.25, -0.2) is 0 Å². The van der Waals surface area contributed by atoms with Gasteiger partial charge < -0.3 is 10.4 Å². The minimum absolute atomic E-state index is 0.136. The molecule has 0 heterocycles. The lowest BCUT2D eigenvalue weighted by Gasteiger charge is -2.17. The molecule has 2 aromatic carbocycles. The number of aryl methyl sites for hydroxylation is 1. The summed E-state index contributed by atoms with van der Waals surface area (Å²) in [5.74, 6) is -0.742. The van der Waals surface area contributed by atoms with Crippen LogP contribution in [-0.4, -0.2) is 10.0 Å². The van der Waals surface area contributed by atoms with Gasteiger partial charge in [-0.3, -0.25) is 10.1 Å². The van der Waals surface area contributed by atoms with Gasteiger partial charge in [0.25, 0.3) is 0 Å². The number of nitrogens with one attached hydrogen (secondary N) is 1. The van der Waals surface area contributed by atoms with Crippen LogP contribution >= 0.6 is 0 Å². The summed E-state index contributed by atoms with van der Waals surface area (Å²) in [6.45, 7) is 3.71. The van der Waals surface area contributed by atoms with E-state index in [1.165, 1.54) is 6.07 Å². The number of hydrogen-bond acceptors (Lipinski definition) is 4. The minimum Gasteiger partial charge on any atom is -0.508 e. The molecule has 0 fully saturated rings. The number of halogens is 1. The molecule has 0 aliphatic heterocycles. The van der Waals surface area contributed by atoms with E-state index in [9.17, 15) is 19.6 Å². The van der Waals surface area contributed by atoms with Crippen LogP contribution in [0.2, 0.25) is 0 Å². The normalized spacial score (nSPS) is 12.0. The molecule has 21 heavy (non-hydrogen) atoms. The molecule has 0 aromatic heterocycles. The van der Waals surface area contributed by atoms with Crippen LogP contribution in [0.5, 0.6) is 5.75 Å². The van der Waals surface area contributed by atoms with E-state index < -0.39 is 16.4 Å². The van der Waals surface area contributed by atoms with Gasteiger partial charge in [-0.1, -0.05) is 17.7 Å². The van der Waals surface area contributed by atoms with Crippen LogP contribution in [0.4, 0.5) is 15.8 Å². The number of benzene rings is 2. The zero-order valence-corrected chi connectivity index (χ0v) is 11.6. The van der Waals surface area contributed by atoms with Gasteiger partial charge in [-0.05, 0) is 32.0 Å². The maximum absolute atomic E-state index is 13.3. The van der Waals surface area contributed by atoms with Crippen molar-refractivity contribution in [2.45, 2.75) is 19.9 Å². The third-order valence-electron chi connectivity index (χ3n) is 3.18. The summed E-state index contributed by atoms with van der Waals surface area (Å²) in [5, 5.41) is 23.6. The van der Waals surface area contributed by atoms with E-state index in [0.29, 0.717) is 11.3 Å². The molecule has 0 saturated heterocycles. The van der Waals surface area contributed by atoms with Gasteiger partial charge >= 0.3 is 5.69 Å². The number of nitro groups is 1. The summed E-state index contributed by atoms with van der Waals surface area (Å²) >= 11 is 0. The number of rotatable bonds is 4. The van der Waals surface area contributed by atoms with Crippen molar-refractivity contribution in [1.82, 2.24) is 0 Å². The molecule has 110 valence electrons. The number of anilines is 1. The highest BCUT2D eigenvalue weighted by molar-refractivity contribution is 5.54. The van der Waals surface area contributed by atoms with Gasteiger partial charge in [0.1, 0.15) is 5.75 Å². The fourth-order valence-electron chi connectivity index (χ4n) is 2.09. The predicted molar refractivity (Wildman–Crippen MR) is 77.9 cm³/mol. The lowest BCUT2D eigenvalue weighted by Crippen LogP contribution is -2.07. The van der Waals surface area contributed by atoms with E-state index in [1.807, 2.05) is 19.9 Å². The Morgan fingerprint density at radius 1 is 1.29 bits per heavy atom. The highest BCUT2D eigenvalue weighted by atomic mass is 19.1. The van der Waals surface area contributed by atoms with Gasteiger partial charge in [0.2, 0.25) is 5.82 Å². The second-order valence-electron chi connectivity index (χ2n) is 4.85. The van der Waals surface area contributed by atoms with Crippen molar-refractivity contribution in [2.24, 2.45) is 0 Å². The van der Waals surface area contributed by atoms with Crippen LogP contribution in [0, 0.1) is 22.9 Å². The molecule has 0 spiro atoms. The maximum Gasteiger partial charge on any atom is 0.306 e. The Morgan fingerprint density at radius 2 is 2.00 bits per heavy atom. The Balaban J connectivity index is 2.27. The first-order valence-electron chi connectivity index (χ1n) is 6.38. The molecule has 2 N–H and O–H groups in total. The number of phenols is 1. The Hall–Kier alpha value is -2.63. The van der Waals surface area contributed by atoms with Gasteiger partial charge in [0.05, 0.1) is 11.0 Å². The second-order valence-corrected chi connectivity index (χ2v) is 4.85. The molecule has 0 saturated carbocycles. The molecule has 0 aliphatic carbocycles. The summed E-state index contributed by atoms with van der Waals surface area (Å²) in [5.41, 5.74) is 1.49. The van der Waals surface area contributed by atoms with E-state index >= 15 is 0 Å². The van der Waals surface area contributed by atoms with Gasteiger partial charge in [-0.2, -0.15) is 4.39 Å². The molecule has 6 heteroatoms. The Kier molecular flexibility index (Phi) is 4.07. The molecule has 0 aliphatic rings. The third-order valence-corrected chi connectivity index (χ3v) is 3.18. The highest BCUT2D eigenvalue weighted by Crippen LogP contribution is 2.29. The first-order valence-corrected chi connectivity index (χ1v) is 6.38. The zero-order valence-electron chi connectivity index (χ0n) is 11.6. The fourth-order valence-corrected chi connectivity index (χ4v) is 2.09. The van der Waals surface area contributed by atoms with Crippen LogP contribution in [0.15, 0.2) is 36.4 Å². The van der Waals surface area contributed by atoms with E-state index in [4.69, 9.17) is 0 Å².